The minimum absolute atomic E-state index is 0.159. The second kappa shape index (κ2) is 6.63. The van der Waals surface area contributed by atoms with E-state index in [-0.39, 0.29) is 6.04 Å². The van der Waals surface area contributed by atoms with Crippen molar-refractivity contribution in [2.75, 3.05) is 0 Å². The third-order valence-corrected chi connectivity index (χ3v) is 3.93. The van der Waals surface area contributed by atoms with Crippen LogP contribution in [0.15, 0.2) is 71.3 Å². The molecule has 0 fully saturated rings. The van der Waals surface area contributed by atoms with Crippen molar-refractivity contribution < 1.29 is 4.42 Å². The quantitative estimate of drug-likeness (QED) is 0.732. The van der Waals surface area contributed by atoms with Crippen molar-refractivity contribution >= 4 is 0 Å². The number of hydrogen-bond donors (Lipinski definition) is 1. The molecule has 0 aliphatic rings. The molecule has 1 heterocycles. The Morgan fingerprint density at radius 3 is 2.45 bits per heavy atom. The molecule has 2 aromatic carbocycles. The summed E-state index contributed by atoms with van der Waals surface area (Å²) in [4.78, 5) is 0. The lowest BCUT2D eigenvalue weighted by Crippen LogP contribution is -2.22. The lowest BCUT2D eigenvalue weighted by atomic mass is 9.94. The van der Waals surface area contributed by atoms with Gasteiger partial charge in [0.1, 0.15) is 5.76 Å². The van der Waals surface area contributed by atoms with Crippen LogP contribution in [0.25, 0.3) is 0 Å². The molecule has 1 aromatic heterocycles. The van der Waals surface area contributed by atoms with E-state index >= 15 is 0 Å². The number of rotatable bonds is 5. The maximum atomic E-state index is 5.44. The van der Waals surface area contributed by atoms with Crippen molar-refractivity contribution in [2.45, 2.75) is 26.4 Å². The van der Waals surface area contributed by atoms with Crippen molar-refractivity contribution in [3.63, 3.8) is 0 Å². The van der Waals surface area contributed by atoms with Gasteiger partial charge in [0.15, 0.2) is 0 Å². The number of aryl methyl sites for hydroxylation is 2. The molecule has 0 saturated heterocycles. The van der Waals surface area contributed by atoms with Crippen LogP contribution in [0.1, 0.15) is 34.1 Å². The third kappa shape index (κ3) is 3.29. The highest BCUT2D eigenvalue weighted by Gasteiger charge is 2.16. The Bertz CT molecular complexity index is 717. The molecule has 1 unspecified atom stereocenters. The average Bonchev–Trinajstić information content (AvgIpc) is 3.04. The van der Waals surface area contributed by atoms with Crippen molar-refractivity contribution in [3.05, 3.63) is 94.9 Å². The molecule has 1 N–H and O–H groups in total. The summed E-state index contributed by atoms with van der Waals surface area (Å²) < 4.78 is 5.44. The van der Waals surface area contributed by atoms with Crippen LogP contribution >= 0.6 is 0 Å². The maximum Gasteiger partial charge on any atom is 0.117 e. The highest BCUT2D eigenvalue weighted by atomic mass is 16.3. The van der Waals surface area contributed by atoms with Gasteiger partial charge in [-0.1, -0.05) is 54.1 Å². The van der Waals surface area contributed by atoms with E-state index in [0.717, 1.165) is 5.76 Å². The zero-order valence-corrected chi connectivity index (χ0v) is 13.0. The van der Waals surface area contributed by atoms with E-state index in [2.05, 4.69) is 67.7 Å². The maximum absolute atomic E-state index is 5.44. The molecular formula is C20H21NO. The van der Waals surface area contributed by atoms with Crippen LogP contribution in [-0.4, -0.2) is 0 Å². The lowest BCUT2D eigenvalue weighted by molar-refractivity contribution is 0.468. The van der Waals surface area contributed by atoms with Gasteiger partial charge in [-0.3, -0.25) is 5.32 Å². The first-order chi connectivity index (χ1) is 10.7. The van der Waals surface area contributed by atoms with Crippen molar-refractivity contribution in [1.29, 1.82) is 0 Å². The van der Waals surface area contributed by atoms with E-state index < -0.39 is 0 Å². The summed E-state index contributed by atoms with van der Waals surface area (Å²) in [5, 5.41) is 3.62. The van der Waals surface area contributed by atoms with Crippen LogP contribution in [0.2, 0.25) is 0 Å². The molecule has 2 heteroatoms. The van der Waals surface area contributed by atoms with E-state index in [4.69, 9.17) is 4.42 Å². The summed E-state index contributed by atoms with van der Waals surface area (Å²) in [7, 11) is 0. The Balaban J connectivity index is 1.92. The van der Waals surface area contributed by atoms with E-state index in [0.29, 0.717) is 6.54 Å². The monoisotopic (exact) mass is 291 g/mol. The molecule has 0 saturated carbocycles. The Morgan fingerprint density at radius 1 is 0.955 bits per heavy atom. The van der Waals surface area contributed by atoms with Gasteiger partial charge in [-0.15, -0.1) is 0 Å². The summed E-state index contributed by atoms with van der Waals surface area (Å²) in [6.45, 7) is 5.01. The largest absolute Gasteiger partial charge is 0.468 e. The Labute approximate surface area is 131 Å². The molecule has 0 spiro atoms. The Kier molecular flexibility index (Phi) is 4.40. The van der Waals surface area contributed by atoms with E-state index in [1.807, 2.05) is 12.1 Å². The molecule has 0 bridgehead atoms. The SMILES string of the molecule is Cc1ccc(C(NCc2ccco2)c2ccccc2)c(C)c1. The second-order valence-electron chi connectivity index (χ2n) is 5.66. The topological polar surface area (TPSA) is 25.2 Å². The number of furan rings is 1. The predicted octanol–water partition coefficient (Wildman–Crippen LogP) is 4.78. The molecule has 0 amide bonds. The molecule has 0 aliphatic carbocycles. The summed E-state index contributed by atoms with van der Waals surface area (Å²) in [5.41, 5.74) is 5.17. The number of hydrogen-bond acceptors (Lipinski definition) is 2. The van der Waals surface area contributed by atoms with Gasteiger partial charge in [0.05, 0.1) is 18.8 Å². The number of benzene rings is 2. The normalized spacial score (nSPS) is 12.3. The van der Waals surface area contributed by atoms with Crippen LogP contribution in [-0.2, 0) is 6.54 Å². The first-order valence-corrected chi connectivity index (χ1v) is 7.62. The van der Waals surface area contributed by atoms with E-state index in [1.54, 1.807) is 6.26 Å². The predicted molar refractivity (Wildman–Crippen MR) is 89.7 cm³/mol. The first kappa shape index (κ1) is 14.6. The average molecular weight is 291 g/mol. The molecule has 3 rings (SSSR count). The van der Waals surface area contributed by atoms with Gasteiger partial charge < -0.3 is 4.42 Å². The molecule has 2 nitrogen and oxygen atoms in total. The van der Waals surface area contributed by atoms with Gasteiger partial charge in [-0.05, 0) is 42.7 Å². The lowest BCUT2D eigenvalue weighted by Gasteiger charge is -2.21. The smallest absolute Gasteiger partial charge is 0.117 e. The Morgan fingerprint density at radius 2 is 1.77 bits per heavy atom. The van der Waals surface area contributed by atoms with Gasteiger partial charge in [0, 0.05) is 0 Å². The van der Waals surface area contributed by atoms with Crippen LogP contribution in [0.5, 0.6) is 0 Å². The molecule has 22 heavy (non-hydrogen) atoms. The van der Waals surface area contributed by atoms with Crippen molar-refractivity contribution in [1.82, 2.24) is 5.32 Å². The Hall–Kier alpha value is -2.32. The van der Waals surface area contributed by atoms with Gasteiger partial charge in [0.25, 0.3) is 0 Å². The fourth-order valence-electron chi connectivity index (χ4n) is 2.82. The standard InChI is InChI=1S/C20H21NO/c1-15-10-11-19(16(2)13-15)20(17-7-4-3-5-8-17)21-14-18-9-6-12-22-18/h3-13,20-21H,14H2,1-2H3. The highest BCUT2D eigenvalue weighted by Crippen LogP contribution is 2.26. The van der Waals surface area contributed by atoms with Crippen LogP contribution < -0.4 is 5.32 Å². The van der Waals surface area contributed by atoms with Crippen molar-refractivity contribution in [3.8, 4) is 0 Å². The van der Waals surface area contributed by atoms with E-state index in [9.17, 15) is 0 Å². The highest BCUT2D eigenvalue weighted by molar-refractivity contribution is 5.38. The molecule has 0 aliphatic heterocycles. The molecule has 1 atom stereocenters. The minimum atomic E-state index is 0.159. The third-order valence-electron chi connectivity index (χ3n) is 3.93. The second-order valence-corrected chi connectivity index (χ2v) is 5.66. The van der Waals surface area contributed by atoms with Crippen LogP contribution in [0, 0.1) is 13.8 Å². The summed E-state index contributed by atoms with van der Waals surface area (Å²) in [6.07, 6.45) is 1.71. The molecule has 3 aromatic rings. The minimum Gasteiger partial charge on any atom is -0.468 e. The summed E-state index contributed by atoms with van der Waals surface area (Å²) in [5.74, 6) is 0.950. The summed E-state index contributed by atoms with van der Waals surface area (Å²) >= 11 is 0. The van der Waals surface area contributed by atoms with Gasteiger partial charge in [0.2, 0.25) is 0 Å². The molecule has 0 radical (unpaired) electrons. The fourth-order valence-corrected chi connectivity index (χ4v) is 2.82. The fraction of sp³-hybridized carbons (Fsp3) is 0.200. The zero-order chi connectivity index (χ0) is 15.4. The molecule has 112 valence electrons. The number of nitrogens with one attached hydrogen (secondary N) is 1. The van der Waals surface area contributed by atoms with Crippen molar-refractivity contribution in [2.24, 2.45) is 0 Å². The first-order valence-electron chi connectivity index (χ1n) is 7.62. The van der Waals surface area contributed by atoms with Crippen LogP contribution in [0.4, 0.5) is 0 Å². The molecular weight excluding hydrogens is 270 g/mol. The van der Waals surface area contributed by atoms with Crippen LogP contribution in [0.3, 0.4) is 0 Å². The zero-order valence-electron chi connectivity index (χ0n) is 13.0. The van der Waals surface area contributed by atoms with Gasteiger partial charge in [-0.2, -0.15) is 0 Å². The van der Waals surface area contributed by atoms with E-state index in [1.165, 1.54) is 22.3 Å². The van der Waals surface area contributed by atoms with Gasteiger partial charge >= 0.3 is 0 Å². The van der Waals surface area contributed by atoms with Gasteiger partial charge in [-0.25, -0.2) is 0 Å². The summed E-state index contributed by atoms with van der Waals surface area (Å²) in [6, 6.07) is 21.3.